The van der Waals surface area contributed by atoms with Crippen LogP contribution in [-0.2, 0) is 20.4 Å². The number of halogens is 3. The Labute approximate surface area is 421 Å². The second-order valence-corrected chi connectivity index (χ2v) is 61.2. The molecule has 62 heavy (non-hydrogen) atoms. The number of rotatable bonds is 10. The van der Waals surface area contributed by atoms with Crippen LogP contribution in [0.15, 0.2) is 40.5 Å². The number of benzene rings is 3. The fourth-order valence-electron chi connectivity index (χ4n) is 11.9. The third-order valence-corrected chi connectivity index (χ3v) is 37.0. The van der Waals surface area contributed by atoms with Crippen molar-refractivity contribution in [3.8, 4) is 0 Å². The average Bonchev–Trinajstić information content (AvgIpc) is 3.17. The fraction of sp³-hybridized carbons (Fsp3) is 0.569. The predicted octanol–water partition coefficient (Wildman–Crippen LogP) is 1.22. The number of hydrogen-bond donors (Lipinski definition) is 0. The van der Waals surface area contributed by atoms with Gasteiger partial charge in [0.05, 0.1) is 0 Å². The van der Waals surface area contributed by atoms with Crippen LogP contribution in [0.2, 0.25) is 121 Å². The first-order valence-corrected chi connectivity index (χ1v) is 46.5. The van der Waals surface area contributed by atoms with E-state index in [0.29, 0.717) is 0 Å². The van der Waals surface area contributed by atoms with Gasteiger partial charge in [0.2, 0.25) is 0 Å². The van der Waals surface area contributed by atoms with Crippen LogP contribution in [0, 0.1) is 41.5 Å². The van der Waals surface area contributed by atoms with Gasteiger partial charge >= 0.3 is 388 Å². The SMILES string of the molecule is CC1=C(C)[C]([Ti+3])([Si](c2cc([Si](C)(C)C)c(C)c(C)c2[Si](C)(C)C)(c2cc([Si](C)(C)C)c(C)c(C)c2[Si](C)(C)C)c2cc([Si](C)(C)C)c(C)c(C)c2[Si](C)(C)C)C(C)=C1C.[Cl-].[Cl-].[Cl-]. The zero-order valence-electron chi connectivity index (χ0n) is 44.9. The third kappa shape index (κ3) is 9.75. The van der Waals surface area contributed by atoms with Gasteiger partial charge in [-0.1, -0.05) is 0 Å². The number of allylic oxidation sites excluding steroid dienone is 4. The van der Waals surface area contributed by atoms with Gasteiger partial charge in [-0.05, 0) is 0 Å². The van der Waals surface area contributed by atoms with Crippen LogP contribution in [0.4, 0.5) is 0 Å². The average molecular weight is 1050 g/mol. The van der Waals surface area contributed by atoms with E-state index < -0.39 is 56.5 Å². The van der Waals surface area contributed by atoms with Crippen molar-refractivity contribution >= 4 is 103 Å². The zero-order chi connectivity index (χ0) is 46.1. The van der Waals surface area contributed by atoms with Gasteiger partial charge in [0.15, 0.2) is 0 Å². The van der Waals surface area contributed by atoms with Crippen LogP contribution in [0.25, 0.3) is 0 Å². The Kier molecular flexibility index (Phi) is 18.4. The van der Waals surface area contributed by atoms with Crippen LogP contribution in [-0.4, -0.2) is 56.5 Å². The van der Waals surface area contributed by atoms with Crippen LogP contribution < -0.4 is 83.9 Å². The molecule has 0 nitrogen and oxygen atoms in total. The molecule has 0 aromatic heterocycles. The molecule has 3 aromatic carbocycles. The summed E-state index contributed by atoms with van der Waals surface area (Å²) in [6.07, 6.45) is 0. The van der Waals surface area contributed by atoms with E-state index in [1.165, 1.54) is 0 Å². The van der Waals surface area contributed by atoms with E-state index in [1.54, 1.807) is 102 Å². The van der Waals surface area contributed by atoms with Crippen molar-refractivity contribution in [2.24, 2.45) is 0 Å². The first-order chi connectivity index (χ1) is 26.1. The molecule has 0 atom stereocenters. The predicted molar refractivity (Wildman–Crippen MR) is 290 cm³/mol. The zero-order valence-corrected chi connectivity index (χ0v) is 55.7. The molecule has 0 bridgehead atoms. The summed E-state index contributed by atoms with van der Waals surface area (Å²) in [5.74, 6) is 0. The van der Waals surface area contributed by atoms with Crippen molar-refractivity contribution in [3.05, 3.63) is 73.9 Å². The summed E-state index contributed by atoms with van der Waals surface area (Å²) in [6.45, 7) is 73.1. The summed E-state index contributed by atoms with van der Waals surface area (Å²) in [7, 11) is -14.6. The van der Waals surface area contributed by atoms with Gasteiger partial charge in [-0.25, -0.2) is 0 Å². The molecule has 1 aliphatic rings. The maximum Gasteiger partial charge on any atom is -1.00 e. The molecule has 0 radical (unpaired) electrons. The first kappa shape index (κ1) is 60.3. The molecule has 0 saturated heterocycles. The molecule has 0 saturated carbocycles. The maximum atomic E-state index is 2.97. The van der Waals surface area contributed by atoms with Crippen LogP contribution >= 0.6 is 0 Å². The molecule has 0 heterocycles. The van der Waals surface area contributed by atoms with Crippen molar-refractivity contribution in [2.45, 2.75) is 190 Å². The van der Waals surface area contributed by atoms with E-state index in [1.807, 2.05) is 0 Å². The van der Waals surface area contributed by atoms with Crippen molar-refractivity contribution in [3.63, 3.8) is 0 Å². The summed E-state index contributed by atoms with van der Waals surface area (Å²) in [4.78, 5) is 0. The quantitative estimate of drug-likeness (QED) is 0.212. The third-order valence-electron chi connectivity index (χ3n) is 15.0. The fourth-order valence-corrected chi connectivity index (χ4v) is 38.5. The Morgan fingerprint density at radius 2 is 0.500 bits per heavy atom. The molecule has 0 N–H and O–H groups in total. The Morgan fingerprint density at radius 3 is 0.661 bits per heavy atom. The molecule has 0 amide bonds. The molecular formula is C51H87Cl3Si7Ti. The maximum absolute atomic E-state index is 3.23. The molecule has 0 spiro atoms. The Bertz CT molecular complexity index is 2060. The normalized spacial score (nSPS) is 15.5. The summed E-state index contributed by atoms with van der Waals surface area (Å²) >= 11 is 2.82. The van der Waals surface area contributed by atoms with Gasteiger partial charge < -0.3 is 37.2 Å². The summed E-state index contributed by atoms with van der Waals surface area (Å²) in [6, 6.07) is 8.91. The molecule has 4 rings (SSSR count). The van der Waals surface area contributed by atoms with Crippen LogP contribution in [0.5, 0.6) is 0 Å². The minimum absolute atomic E-state index is 0. The number of hydrogen-bond acceptors (Lipinski definition) is 0. The van der Waals surface area contributed by atoms with E-state index >= 15 is 0 Å². The monoisotopic (exact) mass is 1050 g/mol. The van der Waals surface area contributed by atoms with Crippen molar-refractivity contribution < 1.29 is 57.7 Å². The van der Waals surface area contributed by atoms with Crippen molar-refractivity contribution in [1.82, 2.24) is 0 Å². The van der Waals surface area contributed by atoms with Crippen LogP contribution in [0.3, 0.4) is 0 Å². The van der Waals surface area contributed by atoms with E-state index in [2.05, 4.69) is 226 Å². The first-order valence-electron chi connectivity index (χ1n) is 22.7. The molecular weight excluding hydrogens is 963 g/mol. The minimum Gasteiger partial charge on any atom is -1.00 e. The molecule has 0 aliphatic heterocycles. The molecule has 0 unspecified atom stereocenters. The summed E-state index contributed by atoms with van der Waals surface area (Å²) < 4.78 is -0.173. The van der Waals surface area contributed by atoms with E-state index in [9.17, 15) is 0 Å². The second kappa shape index (κ2) is 19.0. The molecule has 11 heteroatoms. The van der Waals surface area contributed by atoms with Gasteiger partial charge in [0, 0.05) is 0 Å². The summed E-state index contributed by atoms with van der Waals surface area (Å²) in [5, 5.41) is 15.8. The summed E-state index contributed by atoms with van der Waals surface area (Å²) in [5.41, 5.74) is 15.9. The standard InChI is InChI=1S/C51H87Si7.3ClH.Ti/c1-32-33(2)38(7)48(37(32)6)58(45-29-42(52(11,12)13)34(3)39(8)49(45)55(20,21)22,46-30-43(53(14,15)16)35(4)40(9)50(46)56(23,24)25)47-31-44(54(17,18)19)36(5)41(10)51(47)57(26,27)28;;;;/h29-31H,1-28H3;3*1H;/q;;;;+3/p-3. The molecule has 344 valence electrons. The van der Waals surface area contributed by atoms with Gasteiger partial charge in [0.25, 0.3) is 0 Å². The smallest absolute Gasteiger partial charge is 1.00 e. The van der Waals surface area contributed by atoms with E-state index in [0.717, 1.165) is 0 Å². The largest absolute Gasteiger partial charge is 1.00 e. The molecule has 3 aromatic rings. The Balaban J connectivity index is 0.00000641. The van der Waals surface area contributed by atoms with E-state index in [-0.39, 0.29) is 40.6 Å². The van der Waals surface area contributed by atoms with Gasteiger partial charge in [-0.3, -0.25) is 0 Å². The molecule has 0 fully saturated rings. The molecule has 1 aliphatic carbocycles. The van der Waals surface area contributed by atoms with Crippen molar-refractivity contribution in [1.29, 1.82) is 0 Å². The Hall–Kier alpha value is 0.242. The van der Waals surface area contributed by atoms with E-state index in [4.69, 9.17) is 0 Å². The van der Waals surface area contributed by atoms with Gasteiger partial charge in [-0.15, -0.1) is 0 Å². The van der Waals surface area contributed by atoms with Gasteiger partial charge in [-0.2, -0.15) is 0 Å². The second-order valence-electron chi connectivity index (χ2n) is 25.3. The minimum atomic E-state index is -3.23. The Morgan fingerprint density at radius 1 is 0.306 bits per heavy atom. The van der Waals surface area contributed by atoms with Crippen LogP contribution in [0.1, 0.15) is 61.1 Å². The van der Waals surface area contributed by atoms with Crippen molar-refractivity contribution in [2.75, 3.05) is 0 Å². The topological polar surface area (TPSA) is 0 Å². The van der Waals surface area contributed by atoms with Gasteiger partial charge in [0.1, 0.15) is 0 Å².